The Morgan fingerprint density at radius 1 is 0.358 bits per heavy atom. The summed E-state index contributed by atoms with van der Waals surface area (Å²) in [5.41, 5.74) is 1.77. The zero-order valence-electron chi connectivity index (χ0n) is 37.2. The van der Waals surface area contributed by atoms with E-state index in [1.165, 1.54) is 36.9 Å². The summed E-state index contributed by atoms with van der Waals surface area (Å²) in [6.07, 6.45) is 0. The third-order valence-electron chi connectivity index (χ3n) is 12.7. The fourth-order valence-corrected chi connectivity index (χ4v) is 12.0. The van der Waals surface area contributed by atoms with Gasteiger partial charge >= 0.3 is 8.88 Å². The van der Waals surface area contributed by atoms with Crippen molar-refractivity contribution in [1.29, 1.82) is 0 Å². The van der Waals surface area contributed by atoms with Gasteiger partial charge in [0.05, 0.1) is 101 Å². The highest BCUT2D eigenvalue weighted by Gasteiger charge is 2.49. The number of aliphatic imine (C=N–C) groups is 4. The fraction of sp³-hybridized carbons (Fsp3) is 0.167. The Hall–Kier alpha value is -8.26. The minimum absolute atomic E-state index is 0.00291. The van der Waals surface area contributed by atoms with Crippen LogP contribution >= 0.6 is 0 Å². The molecule has 0 saturated heterocycles. The van der Waals surface area contributed by atoms with E-state index in [-0.39, 0.29) is 46.0 Å². The molecule has 0 atom stereocenters. The third-order valence-corrected chi connectivity index (χ3v) is 14.7. The van der Waals surface area contributed by atoms with Gasteiger partial charge in [-0.05, 0) is 24.3 Å². The average Bonchev–Trinajstić information content (AvgIpc) is 4.08. The first-order valence-electron chi connectivity index (χ1n) is 20.8. The summed E-state index contributed by atoms with van der Waals surface area (Å²) in [4.78, 5) is 59.2. The molecule has 8 aromatic rings. The molecular weight excluding hydrogens is 877 g/mol. The molecule has 12 rings (SSSR count). The van der Waals surface area contributed by atoms with Crippen molar-refractivity contribution in [2.24, 2.45) is 30.0 Å². The standard InChI is InChI=1S/C48H38N8O10Si/c1-59-25-17-18-26(60-2)30-29(25)41-49-42(30)52-47-35-36(40(66-8)24-16-12-11-15-23(24)39(35)65-7)48-54-44-34-33(37(63-5)21-13-9-10-14-22(21)38(34)64-6)43(50-44)53-46-32-28(62-4)20-19-27(61-3)31(32)45(51-41)55(46)67(57,58)56(47)48/h9-20,57-58H,1-8H3. The molecule has 6 bridgehead atoms. The molecule has 0 unspecified atom stereocenters. The van der Waals surface area contributed by atoms with Crippen molar-refractivity contribution in [1.82, 2.24) is 8.47 Å². The van der Waals surface area contributed by atoms with Crippen LogP contribution < -0.4 is 48.9 Å². The maximum absolute atomic E-state index is 13.8. The number of hydrogen-bond donors (Lipinski definition) is 2. The monoisotopic (exact) mass is 914 g/mol. The first-order chi connectivity index (χ1) is 32.7. The number of hydrogen-bond acceptors (Lipinski definition) is 16. The van der Waals surface area contributed by atoms with E-state index < -0.39 is 8.88 Å². The minimum atomic E-state index is -5.50. The first kappa shape index (κ1) is 40.3. The second-order valence-corrected chi connectivity index (χ2v) is 17.8. The summed E-state index contributed by atoms with van der Waals surface area (Å²) in [6.45, 7) is 0. The predicted molar refractivity (Wildman–Crippen MR) is 253 cm³/mol. The van der Waals surface area contributed by atoms with Crippen LogP contribution in [0, 0.1) is 0 Å². The molecule has 0 amide bonds. The fourth-order valence-electron chi connectivity index (χ4n) is 10.0. The van der Waals surface area contributed by atoms with Crippen molar-refractivity contribution < 1.29 is 47.5 Å². The normalized spacial score (nSPS) is 14.8. The van der Waals surface area contributed by atoms with Gasteiger partial charge in [0.2, 0.25) is 0 Å². The van der Waals surface area contributed by atoms with Gasteiger partial charge in [0.15, 0.2) is 23.3 Å². The van der Waals surface area contributed by atoms with E-state index in [0.717, 1.165) is 10.8 Å². The van der Waals surface area contributed by atoms with Gasteiger partial charge in [-0.2, -0.15) is 0 Å². The Labute approximate surface area is 380 Å². The van der Waals surface area contributed by atoms with Crippen LogP contribution in [0.15, 0.2) is 103 Å². The number of aromatic nitrogens is 2. The number of nitrogens with zero attached hydrogens (tertiary/aromatic N) is 8. The molecule has 0 spiro atoms. The molecule has 4 aliphatic rings. The minimum Gasteiger partial charge on any atom is -0.496 e. The Balaban J connectivity index is 1.44. The van der Waals surface area contributed by atoms with Crippen molar-refractivity contribution in [2.75, 3.05) is 56.9 Å². The molecule has 334 valence electrons. The van der Waals surface area contributed by atoms with E-state index in [1.807, 2.05) is 48.5 Å². The Morgan fingerprint density at radius 3 is 1.09 bits per heavy atom. The lowest BCUT2D eigenvalue weighted by Gasteiger charge is -2.23. The van der Waals surface area contributed by atoms with Gasteiger partial charge in [-0.3, -0.25) is 8.47 Å². The van der Waals surface area contributed by atoms with E-state index in [0.29, 0.717) is 101 Å². The molecule has 67 heavy (non-hydrogen) atoms. The van der Waals surface area contributed by atoms with E-state index in [1.54, 1.807) is 52.7 Å². The van der Waals surface area contributed by atoms with Crippen molar-refractivity contribution >= 4 is 87.0 Å². The van der Waals surface area contributed by atoms with Crippen molar-refractivity contribution in [2.45, 2.75) is 0 Å². The highest BCUT2D eigenvalue weighted by atomic mass is 28.4. The molecule has 18 nitrogen and oxygen atoms in total. The van der Waals surface area contributed by atoms with E-state index in [4.69, 9.17) is 67.8 Å². The molecule has 0 radical (unpaired) electrons. The summed E-state index contributed by atoms with van der Waals surface area (Å²) in [7, 11) is 6.83. The lowest BCUT2D eigenvalue weighted by atomic mass is 9.97. The van der Waals surface area contributed by atoms with Crippen LogP contribution in [-0.2, 0) is 0 Å². The van der Waals surface area contributed by atoms with Crippen LogP contribution in [0.2, 0.25) is 0 Å². The zero-order chi connectivity index (χ0) is 46.2. The molecule has 6 aromatic carbocycles. The molecule has 2 aromatic heterocycles. The van der Waals surface area contributed by atoms with E-state index >= 15 is 0 Å². The number of methoxy groups -OCH3 is 8. The maximum Gasteiger partial charge on any atom is 0.597 e. The lowest BCUT2D eigenvalue weighted by molar-refractivity contribution is 0.324. The van der Waals surface area contributed by atoms with Crippen molar-refractivity contribution in [3.63, 3.8) is 0 Å². The summed E-state index contributed by atoms with van der Waals surface area (Å²) >= 11 is 0. The van der Waals surface area contributed by atoms with Gasteiger partial charge in [0, 0.05) is 21.5 Å². The van der Waals surface area contributed by atoms with Crippen LogP contribution in [0.25, 0.3) is 43.1 Å². The van der Waals surface area contributed by atoms with E-state index in [9.17, 15) is 9.59 Å². The predicted octanol–water partition coefficient (Wildman–Crippen LogP) is 5.73. The summed E-state index contributed by atoms with van der Waals surface area (Å²) in [6, 6.07) is 22.1. The molecule has 4 aliphatic heterocycles. The van der Waals surface area contributed by atoms with Gasteiger partial charge in [-0.25, -0.2) is 30.0 Å². The Kier molecular flexibility index (Phi) is 8.63. The number of rotatable bonds is 8. The maximum atomic E-state index is 13.8. The second kappa shape index (κ2) is 14.4. The number of ether oxygens (including phenoxy) is 8. The SMILES string of the molecule is COc1ccc(OC)c2c1C1=NC2=Nc2c3c(OC)ccc(OC)c3c3n2[Si](O)(O)n2c(c4c(OC)c5ccccc5c(OC)c4c2=NC2=NC(=N3)c3c2c(OC)c2ccccc2c3OC)=N1. The quantitative estimate of drug-likeness (QED) is 0.178. The molecule has 6 heterocycles. The average molecular weight is 915 g/mol. The molecule has 19 heteroatoms. The summed E-state index contributed by atoms with van der Waals surface area (Å²) in [5.74, 6) is 3.51. The summed E-state index contributed by atoms with van der Waals surface area (Å²) in [5, 5.41) is 4.03. The first-order valence-corrected chi connectivity index (χ1v) is 22.6. The molecule has 0 saturated carbocycles. The number of benzene rings is 6. The second-order valence-electron chi connectivity index (χ2n) is 15.7. The topological polar surface area (TPSA) is 198 Å². The van der Waals surface area contributed by atoms with Crippen LogP contribution in [0.1, 0.15) is 22.3 Å². The number of fused-ring (bicyclic) bond motifs is 16. The largest absolute Gasteiger partial charge is 0.597 e. The van der Waals surface area contributed by atoms with Crippen molar-refractivity contribution in [3.05, 3.63) is 106 Å². The van der Waals surface area contributed by atoms with Crippen LogP contribution in [0.5, 0.6) is 46.0 Å². The van der Waals surface area contributed by atoms with Crippen molar-refractivity contribution in [3.8, 4) is 46.0 Å². The lowest BCUT2D eigenvalue weighted by Crippen LogP contribution is -2.60. The highest BCUT2D eigenvalue weighted by Crippen LogP contribution is 2.52. The third kappa shape index (κ3) is 5.09. The van der Waals surface area contributed by atoms with Gasteiger partial charge in [0.25, 0.3) is 0 Å². The molecule has 2 N–H and O–H groups in total. The smallest absolute Gasteiger partial charge is 0.496 e. The Bertz CT molecular complexity index is 3850. The van der Waals surface area contributed by atoms with Gasteiger partial charge in [-0.1, -0.05) is 48.5 Å². The Morgan fingerprint density at radius 2 is 0.701 bits per heavy atom. The van der Waals surface area contributed by atoms with Gasteiger partial charge in [-0.15, -0.1) is 0 Å². The molecule has 0 fully saturated rings. The molecule has 0 aliphatic carbocycles. The van der Waals surface area contributed by atoms with E-state index in [2.05, 4.69) is 0 Å². The van der Waals surface area contributed by atoms with Gasteiger partial charge in [0.1, 0.15) is 68.6 Å². The van der Waals surface area contributed by atoms with Gasteiger partial charge < -0.3 is 47.5 Å². The van der Waals surface area contributed by atoms with Crippen LogP contribution in [0.4, 0.5) is 11.6 Å². The highest BCUT2D eigenvalue weighted by molar-refractivity contribution is 6.63. The molecular formula is C48H38N8O10Si. The van der Waals surface area contributed by atoms with Crippen LogP contribution in [0.3, 0.4) is 0 Å². The summed E-state index contributed by atoms with van der Waals surface area (Å²) < 4.78 is 51.9. The van der Waals surface area contributed by atoms with Crippen LogP contribution in [-0.4, -0.2) is 107 Å². The zero-order valence-corrected chi connectivity index (χ0v) is 38.2. The number of amidine groups is 4.